The number of carbonyl (C=O) groups is 2. The largest absolute Gasteiger partial charge is 0.463 e. The number of Topliss-reactive ketones (excluding diaryl/α,β-unsaturated/α-hetero) is 1. The number of hydrogen-bond donors (Lipinski definition) is 0. The lowest BCUT2D eigenvalue weighted by Crippen LogP contribution is -2.20. The number of hydrogen-bond acceptors (Lipinski definition) is 3. The molecule has 5 heteroatoms. The summed E-state index contributed by atoms with van der Waals surface area (Å²) in [6, 6.07) is 0. The molecule has 0 aliphatic carbocycles. The van der Waals surface area contributed by atoms with Crippen LogP contribution in [0.4, 0.5) is 8.78 Å². The highest BCUT2D eigenvalue weighted by atomic mass is 19.3. The lowest BCUT2D eigenvalue weighted by molar-refractivity contribution is -0.137. The van der Waals surface area contributed by atoms with Gasteiger partial charge in [0, 0.05) is 18.9 Å². The summed E-state index contributed by atoms with van der Waals surface area (Å²) < 4.78 is 31.6. The maximum absolute atomic E-state index is 13.5. The normalized spacial score (nSPS) is 11.8. The van der Waals surface area contributed by atoms with Crippen molar-refractivity contribution in [1.29, 1.82) is 0 Å². The van der Waals surface area contributed by atoms with Crippen LogP contribution in [0.15, 0.2) is 12.2 Å². The molecule has 0 unspecified atom stereocenters. The molecule has 0 bridgehead atoms. The van der Waals surface area contributed by atoms with Crippen molar-refractivity contribution >= 4 is 11.8 Å². The van der Waals surface area contributed by atoms with Gasteiger partial charge in [0.05, 0.1) is 13.0 Å². The Morgan fingerprint density at radius 2 is 1.76 bits per heavy atom. The third-order valence-corrected chi connectivity index (χ3v) is 2.97. The monoisotopic (exact) mass is 304 g/mol. The zero-order valence-corrected chi connectivity index (χ0v) is 13.0. The second kappa shape index (κ2) is 11.4. The highest BCUT2D eigenvalue weighted by Crippen LogP contribution is 2.25. The zero-order valence-electron chi connectivity index (χ0n) is 13.0. The standard InChI is InChI=1S/C16H26F2O3/c1-3-5-6-7-8-10-14(19)13-16(17,18)12-9-11-15(20)21-4-2/h9,11H,3-8,10,12-13H2,1-2H3/b11-9+. The fourth-order valence-corrected chi connectivity index (χ4v) is 1.89. The van der Waals surface area contributed by atoms with E-state index in [0.29, 0.717) is 6.42 Å². The molecule has 0 heterocycles. The Hall–Kier alpha value is -1.26. The summed E-state index contributed by atoms with van der Waals surface area (Å²) in [4.78, 5) is 22.5. The van der Waals surface area contributed by atoms with E-state index >= 15 is 0 Å². The zero-order chi connectivity index (χ0) is 16.1. The first kappa shape index (κ1) is 19.7. The van der Waals surface area contributed by atoms with Gasteiger partial charge in [-0.25, -0.2) is 13.6 Å². The molecule has 0 aliphatic heterocycles. The molecule has 0 spiro atoms. The van der Waals surface area contributed by atoms with Crippen molar-refractivity contribution in [3.63, 3.8) is 0 Å². The molecule has 0 rings (SSSR count). The Morgan fingerprint density at radius 3 is 2.38 bits per heavy atom. The SMILES string of the molecule is CCCCCCCC(=O)CC(F)(F)C/C=C/C(=O)OCC. The van der Waals surface area contributed by atoms with Gasteiger partial charge in [-0.3, -0.25) is 4.79 Å². The molecule has 3 nitrogen and oxygen atoms in total. The van der Waals surface area contributed by atoms with Crippen molar-refractivity contribution in [3.05, 3.63) is 12.2 Å². The number of unbranched alkanes of at least 4 members (excludes halogenated alkanes) is 4. The third kappa shape index (κ3) is 12.2. The molecule has 0 N–H and O–H groups in total. The highest BCUT2D eigenvalue weighted by Gasteiger charge is 2.30. The van der Waals surface area contributed by atoms with Crippen molar-refractivity contribution in [2.45, 2.75) is 71.1 Å². The van der Waals surface area contributed by atoms with Gasteiger partial charge < -0.3 is 4.74 Å². The molecular weight excluding hydrogens is 278 g/mol. The molecule has 0 atom stereocenters. The van der Waals surface area contributed by atoms with Gasteiger partial charge in [-0.2, -0.15) is 0 Å². The number of rotatable bonds is 12. The van der Waals surface area contributed by atoms with Crippen LogP contribution in [-0.4, -0.2) is 24.3 Å². The number of allylic oxidation sites excluding steroid dienone is 1. The van der Waals surface area contributed by atoms with Crippen LogP contribution in [0, 0.1) is 0 Å². The predicted molar refractivity (Wildman–Crippen MR) is 78.3 cm³/mol. The fraction of sp³-hybridized carbons (Fsp3) is 0.750. The molecule has 0 radical (unpaired) electrons. The van der Waals surface area contributed by atoms with E-state index in [2.05, 4.69) is 11.7 Å². The minimum atomic E-state index is -3.09. The second-order valence-corrected chi connectivity index (χ2v) is 5.09. The number of ketones is 1. The Morgan fingerprint density at radius 1 is 1.10 bits per heavy atom. The van der Waals surface area contributed by atoms with Crippen LogP contribution in [-0.2, 0) is 14.3 Å². The quantitative estimate of drug-likeness (QED) is 0.304. The molecule has 0 saturated heterocycles. The van der Waals surface area contributed by atoms with Crippen LogP contribution in [0.3, 0.4) is 0 Å². The first-order valence-corrected chi connectivity index (χ1v) is 7.64. The minimum Gasteiger partial charge on any atom is -0.463 e. The van der Waals surface area contributed by atoms with Crippen LogP contribution < -0.4 is 0 Å². The van der Waals surface area contributed by atoms with Crippen molar-refractivity contribution in [2.75, 3.05) is 6.61 Å². The summed E-state index contributed by atoms with van der Waals surface area (Å²) in [5, 5.41) is 0. The minimum absolute atomic E-state index is 0.204. The molecule has 0 saturated carbocycles. The van der Waals surface area contributed by atoms with Crippen molar-refractivity contribution < 1.29 is 23.1 Å². The molecule has 0 aliphatic rings. The maximum atomic E-state index is 13.5. The molecular formula is C16H26F2O3. The average molecular weight is 304 g/mol. The maximum Gasteiger partial charge on any atom is 0.330 e. The van der Waals surface area contributed by atoms with E-state index in [-0.39, 0.29) is 13.0 Å². The van der Waals surface area contributed by atoms with E-state index in [1.54, 1.807) is 6.92 Å². The van der Waals surface area contributed by atoms with E-state index in [9.17, 15) is 18.4 Å². The molecule has 0 fully saturated rings. The van der Waals surface area contributed by atoms with E-state index < -0.39 is 30.5 Å². The van der Waals surface area contributed by atoms with Crippen molar-refractivity contribution in [3.8, 4) is 0 Å². The highest BCUT2D eigenvalue weighted by molar-refractivity contribution is 5.82. The summed E-state index contributed by atoms with van der Waals surface area (Å²) in [5.41, 5.74) is 0. The summed E-state index contributed by atoms with van der Waals surface area (Å²) in [6.07, 6.45) is 5.73. The van der Waals surface area contributed by atoms with Gasteiger partial charge in [0.2, 0.25) is 0 Å². The van der Waals surface area contributed by atoms with Gasteiger partial charge in [-0.05, 0) is 13.3 Å². The van der Waals surface area contributed by atoms with Crippen molar-refractivity contribution in [2.24, 2.45) is 0 Å². The van der Waals surface area contributed by atoms with E-state index in [1.165, 1.54) is 0 Å². The van der Waals surface area contributed by atoms with Gasteiger partial charge in [0.25, 0.3) is 5.92 Å². The average Bonchev–Trinajstić information content (AvgIpc) is 2.38. The van der Waals surface area contributed by atoms with Gasteiger partial charge in [-0.1, -0.05) is 38.7 Å². The Kier molecular flexibility index (Phi) is 10.7. The van der Waals surface area contributed by atoms with E-state index in [0.717, 1.165) is 37.8 Å². The van der Waals surface area contributed by atoms with Gasteiger partial charge in [0.15, 0.2) is 0 Å². The smallest absolute Gasteiger partial charge is 0.330 e. The van der Waals surface area contributed by atoms with E-state index in [1.807, 2.05) is 0 Å². The topological polar surface area (TPSA) is 43.4 Å². The summed E-state index contributed by atoms with van der Waals surface area (Å²) in [7, 11) is 0. The summed E-state index contributed by atoms with van der Waals surface area (Å²) in [6.45, 7) is 3.94. The van der Waals surface area contributed by atoms with Crippen molar-refractivity contribution in [1.82, 2.24) is 0 Å². The predicted octanol–water partition coefficient (Wildman–Crippen LogP) is 4.45. The number of alkyl halides is 2. The number of ether oxygens (including phenoxy) is 1. The van der Waals surface area contributed by atoms with Gasteiger partial charge in [-0.15, -0.1) is 0 Å². The molecule has 0 aromatic heterocycles. The molecule has 122 valence electrons. The first-order valence-electron chi connectivity index (χ1n) is 7.64. The summed E-state index contributed by atoms with van der Waals surface area (Å²) >= 11 is 0. The van der Waals surface area contributed by atoms with Crippen LogP contribution >= 0.6 is 0 Å². The molecule has 0 amide bonds. The first-order chi connectivity index (χ1) is 9.91. The van der Waals surface area contributed by atoms with Crippen LogP contribution in [0.1, 0.15) is 65.2 Å². The van der Waals surface area contributed by atoms with Gasteiger partial charge >= 0.3 is 5.97 Å². The second-order valence-electron chi connectivity index (χ2n) is 5.09. The van der Waals surface area contributed by atoms with E-state index in [4.69, 9.17) is 0 Å². The Balaban J connectivity index is 3.93. The molecule has 21 heavy (non-hydrogen) atoms. The van der Waals surface area contributed by atoms with Crippen LogP contribution in [0.5, 0.6) is 0 Å². The molecule has 0 aromatic carbocycles. The number of halogens is 2. The fourth-order valence-electron chi connectivity index (χ4n) is 1.89. The van der Waals surface area contributed by atoms with Crippen LogP contribution in [0.25, 0.3) is 0 Å². The lowest BCUT2D eigenvalue weighted by atomic mass is 10.0. The Bertz CT molecular complexity index is 338. The lowest BCUT2D eigenvalue weighted by Gasteiger charge is -2.13. The third-order valence-electron chi connectivity index (χ3n) is 2.97. The van der Waals surface area contributed by atoms with Gasteiger partial charge in [0.1, 0.15) is 5.78 Å². The summed E-state index contributed by atoms with van der Waals surface area (Å²) in [5.74, 6) is -4.15. The Labute approximate surface area is 125 Å². The van der Waals surface area contributed by atoms with Crippen LogP contribution in [0.2, 0.25) is 0 Å². The molecule has 0 aromatic rings. The number of esters is 1. The number of carbonyl (C=O) groups excluding carboxylic acids is 2.